The quantitative estimate of drug-likeness (QED) is 0.315. The van der Waals surface area contributed by atoms with Gasteiger partial charge in [-0.1, -0.05) is 67.9 Å². The zero-order chi connectivity index (χ0) is 20.6. The van der Waals surface area contributed by atoms with Gasteiger partial charge in [0.15, 0.2) is 0 Å². The number of benzene rings is 3. The van der Waals surface area contributed by atoms with Crippen molar-refractivity contribution in [3.8, 4) is 0 Å². The Morgan fingerprint density at radius 1 is 0.793 bits per heavy atom. The molecule has 0 saturated heterocycles. The van der Waals surface area contributed by atoms with Crippen LogP contribution in [0.15, 0.2) is 87.8 Å². The van der Waals surface area contributed by atoms with Gasteiger partial charge in [0.05, 0.1) is 11.4 Å². The lowest BCUT2D eigenvalue weighted by Crippen LogP contribution is -2.41. The van der Waals surface area contributed by atoms with Gasteiger partial charge >= 0.3 is 6.03 Å². The minimum atomic E-state index is -0.0406. The molecule has 0 N–H and O–H groups in total. The van der Waals surface area contributed by atoms with E-state index in [4.69, 9.17) is 0 Å². The largest absolute Gasteiger partial charge is 0.329 e. The van der Waals surface area contributed by atoms with E-state index in [1.165, 1.54) is 0 Å². The highest BCUT2D eigenvalue weighted by atomic mass is 79.9. The van der Waals surface area contributed by atoms with Crippen molar-refractivity contribution in [1.29, 1.82) is 0 Å². The third-order valence-corrected chi connectivity index (χ3v) is 5.99. The third kappa shape index (κ3) is 5.49. The van der Waals surface area contributed by atoms with Gasteiger partial charge in [-0.2, -0.15) is 0 Å². The monoisotopic (exact) mass is 514 g/mol. The predicted octanol–water partition coefficient (Wildman–Crippen LogP) is 7.77. The molecule has 29 heavy (non-hydrogen) atoms. The molecule has 0 heterocycles. The zero-order valence-corrected chi connectivity index (χ0v) is 19.6. The Morgan fingerprint density at radius 2 is 1.31 bits per heavy atom. The van der Waals surface area contributed by atoms with E-state index in [1.54, 1.807) is 4.90 Å². The summed E-state index contributed by atoms with van der Waals surface area (Å²) in [7, 11) is 0. The molecule has 0 atom stereocenters. The summed E-state index contributed by atoms with van der Waals surface area (Å²) in [5, 5.41) is 0. The Bertz CT molecular complexity index is 901. The van der Waals surface area contributed by atoms with Gasteiger partial charge in [-0.25, -0.2) is 4.79 Å². The Kier molecular flexibility index (Phi) is 7.90. The first kappa shape index (κ1) is 21.6. The number of hydrogen-bond acceptors (Lipinski definition) is 1. The van der Waals surface area contributed by atoms with Crippen LogP contribution in [-0.4, -0.2) is 17.5 Å². The molecule has 0 aliphatic carbocycles. The van der Waals surface area contributed by atoms with E-state index in [0.717, 1.165) is 38.7 Å². The van der Waals surface area contributed by atoms with Crippen molar-refractivity contribution >= 4 is 49.3 Å². The summed E-state index contributed by atoms with van der Waals surface area (Å²) < 4.78 is 1.75. The molecule has 0 spiro atoms. The number of amides is 2. The van der Waals surface area contributed by atoms with Crippen LogP contribution in [0.5, 0.6) is 0 Å². The van der Waals surface area contributed by atoms with E-state index in [-0.39, 0.29) is 6.03 Å². The van der Waals surface area contributed by atoms with Crippen LogP contribution < -0.4 is 4.90 Å². The number of halogens is 2. The van der Waals surface area contributed by atoms with Crippen molar-refractivity contribution in [3.05, 3.63) is 93.4 Å². The molecule has 0 bridgehead atoms. The van der Waals surface area contributed by atoms with Gasteiger partial charge in [-0.15, -0.1) is 0 Å². The second-order valence-corrected chi connectivity index (χ2v) is 8.49. The van der Waals surface area contributed by atoms with Gasteiger partial charge in [-0.3, -0.25) is 4.90 Å². The van der Waals surface area contributed by atoms with Crippen LogP contribution in [0.25, 0.3) is 0 Å². The highest BCUT2D eigenvalue weighted by Gasteiger charge is 2.26. The fraction of sp³-hybridized carbons (Fsp3) is 0.208. The van der Waals surface area contributed by atoms with Crippen molar-refractivity contribution < 1.29 is 4.79 Å². The Morgan fingerprint density at radius 3 is 1.83 bits per heavy atom. The maximum Gasteiger partial charge on any atom is 0.329 e. The highest BCUT2D eigenvalue weighted by Crippen LogP contribution is 2.37. The molecule has 0 saturated carbocycles. The molecule has 3 aromatic rings. The summed E-state index contributed by atoms with van der Waals surface area (Å²) in [6.45, 7) is 3.42. The number of hydrogen-bond donors (Lipinski definition) is 0. The summed E-state index contributed by atoms with van der Waals surface area (Å²) in [6.07, 6.45) is 1.99. The first-order chi connectivity index (χ1) is 14.1. The van der Waals surface area contributed by atoms with Gasteiger partial charge in [0.2, 0.25) is 0 Å². The van der Waals surface area contributed by atoms with E-state index < -0.39 is 0 Å². The van der Waals surface area contributed by atoms with Crippen LogP contribution in [-0.2, 0) is 6.54 Å². The van der Waals surface area contributed by atoms with Crippen molar-refractivity contribution in [1.82, 2.24) is 4.90 Å². The first-order valence-corrected chi connectivity index (χ1v) is 11.3. The topological polar surface area (TPSA) is 23.6 Å². The number of anilines is 2. The maximum atomic E-state index is 13.9. The predicted molar refractivity (Wildman–Crippen MR) is 128 cm³/mol. The minimum Gasteiger partial charge on any atom is -0.320 e. The van der Waals surface area contributed by atoms with Crippen LogP contribution in [0.2, 0.25) is 0 Å². The molecular weight excluding hydrogens is 492 g/mol. The number of para-hydroxylation sites is 2. The second-order valence-electron chi connectivity index (χ2n) is 6.78. The zero-order valence-electron chi connectivity index (χ0n) is 16.4. The Hall–Kier alpha value is -2.11. The van der Waals surface area contributed by atoms with Gasteiger partial charge in [0.25, 0.3) is 0 Å². The molecule has 2 amide bonds. The molecule has 0 aromatic heterocycles. The summed E-state index contributed by atoms with van der Waals surface area (Å²) in [5.41, 5.74) is 2.76. The van der Waals surface area contributed by atoms with Gasteiger partial charge in [0.1, 0.15) is 0 Å². The van der Waals surface area contributed by atoms with Gasteiger partial charge in [-0.05, 0) is 68.1 Å². The number of unbranched alkanes of at least 4 members (excludes halogenated alkanes) is 1. The molecule has 3 rings (SSSR count). The normalized spacial score (nSPS) is 10.6. The van der Waals surface area contributed by atoms with Crippen molar-refractivity contribution in [2.75, 3.05) is 11.4 Å². The molecule has 0 aliphatic heterocycles. The molecule has 0 unspecified atom stereocenters. The van der Waals surface area contributed by atoms with E-state index >= 15 is 0 Å². The molecule has 0 aliphatic rings. The van der Waals surface area contributed by atoms with Crippen LogP contribution in [0.3, 0.4) is 0 Å². The van der Waals surface area contributed by atoms with E-state index in [2.05, 4.69) is 50.9 Å². The standard InChI is InChI=1S/C24H24Br2N2O/c1-2-3-17-27(18-19-11-5-4-6-12-19)24(29)28(22-15-9-7-13-20(22)25)23-16-10-8-14-21(23)26/h4-16H,2-3,17-18H2,1H3. The third-order valence-electron chi connectivity index (χ3n) is 4.65. The maximum absolute atomic E-state index is 13.9. The fourth-order valence-electron chi connectivity index (χ4n) is 3.14. The minimum absolute atomic E-state index is 0.0406. The summed E-state index contributed by atoms with van der Waals surface area (Å²) in [6, 6.07) is 25.7. The summed E-state index contributed by atoms with van der Waals surface area (Å²) in [5.74, 6) is 0. The lowest BCUT2D eigenvalue weighted by Gasteiger charge is -2.32. The fourth-order valence-corrected chi connectivity index (χ4v) is 4.06. The second kappa shape index (κ2) is 10.6. The van der Waals surface area contributed by atoms with Gasteiger partial charge < -0.3 is 4.90 Å². The van der Waals surface area contributed by atoms with E-state index in [1.807, 2.05) is 71.6 Å². The van der Waals surface area contributed by atoms with Crippen LogP contribution >= 0.6 is 31.9 Å². The lowest BCUT2D eigenvalue weighted by molar-refractivity contribution is 0.203. The SMILES string of the molecule is CCCCN(Cc1ccccc1)C(=O)N(c1ccccc1Br)c1ccccc1Br. The molecule has 5 heteroatoms. The van der Waals surface area contributed by atoms with Crippen LogP contribution in [0, 0.1) is 0 Å². The number of nitrogens with zero attached hydrogens (tertiary/aromatic N) is 2. The van der Waals surface area contributed by atoms with Crippen LogP contribution in [0.4, 0.5) is 16.2 Å². The molecule has 0 fully saturated rings. The van der Waals surface area contributed by atoms with Gasteiger partial charge in [0, 0.05) is 22.0 Å². The number of carbonyl (C=O) groups excluding carboxylic acids is 1. The lowest BCUT2D eigenvalue weighted by atomic mass is 10.2. The smallest absolute Gasteiger partial charge is 0.320 e. The van der Waals surface area contributed by atoms with E-state index in [0.29, 0.717) is 13.1 Å². The number of carbonyl (C=O) groups is 1. The average Bonchev–Trinajstić information content (AvgIpc) is 2.74. The Labute approximate surface area is 189 Å². The van der Waals surface area contributed by atoms with Crippen molar-refractivity contribution in [2.24, 2.45) is 0 Å². The number of rotatable bonds is 7. The molecule has 3 nitrogen and oxygen atoms in total. The van der Waals surface area contributed by atoms with Crippen LogP contribution in [0.1, 0.15) is 25.3 Å². The number of urea groups is 1. The average molecular weight is 516 g/mol. The molecule has 0 radical (unpaired) electrons. The van der Waals surface area contributed by atoms with E-state index in [9.17, 15) is 4.79 Å². The first-order valence-electron chi connectivity index (χ1n) is 9.74. The molecular formula is C24H24Br2N2O. The van der Waals surface area contributed by atoms with Crippen molar-refractivity contribution in [3.63, 3.8) is 0 Å². The summed E-state index contributed by atoms with van der Waals surface area (Å²) in [4.78, 5) is 17.6. The molecule has 150 valence electrons. The molecule has 3 aromatic carbocycles. The van der Waals surface area contributed by atoms with Crippen molar-refractivity contribution in [2.45, 2.75) is 26.3 Å². The summed E-state index contributed by atoms with van der Waals surface area (Å²) >= 11 is 7.26. The highest BCUT2D eigenvalue weighted by molar-refractivity contribution is 9.11. The Balaban J connectivity index is 2.03.